The largest absolute Gasteiger partial charge is 0.379 e. The molecule has 6 heteroatoms. The van der Waals surface area contributed by atoms with Crippen LogP contribution in [0, 0.1) is 11.4 Å². The maximum atomic E-state index is 14.0. The molecule has 2 aliphatic rings. The molecule has 24 heavy (non-hydrogen) atoms. The number of pyridine rings is 1. The van der Waals surface area contributed by atoms with Crippen molar-refractivity contribution in [2.45, 2.75) is 45.6 Å². The number of fused-ring (bicyclic) bond motifs is 1. The van der Waals surface area contributed by atoms with Gasteiger partial charge in [-0.2, -0.15) is 9.49 Å². The molecule has 0 radical (unpaired) electrons. The normalized spacial score (nSPS) is 22.4. The lowest BCUT2D eigenvalue weighted by Gasteiger charge is -2.29. The fraction of sp³-hybridized carbons (Fsp3) is 0.556. The Balaban J connectivity index is 1.65. The first-order valence-corrected chi connectivity index (χ1v) is 8.58. The number of hydrogen-bond acceptors (Lipinski definition) is 4. The lowest BCUT2D eigenvalue weighted by molar-refractivity contribution is 0.195. The van der Waals surface area contributed by atoms with Crippen molar-refractivity contribution in [3.63, 3.8) is 0 Å². The molecule has 4 rings (SSSR count). The van der Waals surface area contributed by atoms with Crippen LogP contribution in [0.5, 0.6) is 0 Å². The smallest absolute Gasteiger partial charge is 0.215 e. The summed E-state index contributed by atoms with van der Waals surface area (Å²) in [5.74, 6) is 0.0650. The van der Waals surface area contributed by atoms with Crippen molar-refractivity contribution in [3.05, 3.63) is 29.3 Å². The van der Waals surface area contributed by atoms with Crippen molar-refractivity contribution in [3.8, 4) is 11.3 Å². The van der Waals surface area contributed by atoms with Crippen LogP contribution in [0.15, 0.2) is 12.1 Å². The number of H-pyrrole nitrogens is 1. The molecule has 2 N–H and O–H groups in total. The van der Waals surface area contributed by atoms with Crippen LogP contribution < -0.4 is 5.32 Å². The molecular formula is C18H23FN4O. The Morgan fingerprint density at radius 2 is 2.25 bits per heavy atom. The van der Waals surface area contributed by atoms with Crippen LogP contribution in [-0.4, -0.2) is 34.4 Å². The summed E-state index contributed by atoms with van der Waals surface area (Å²) < 4.78 is 19.4. The summed E-state index contributed by atoms with van der Waals surface area (Å²) in [4.78, 5) is 3.97. The number of anilines is 1. The number of halogens is 1. The third-order valence-corrected chi connectivity index (χ3v) is 5.01. The second-order valence-electron chi connectivity index (χ2n) is 7.64. The number of nitrogens with zero attached hydrogens (tertiary/aromatic N) is 2. The van der Waals surface area contributed by atoms with E-state index in [2.05, 4.69) is 34.3 Å². The number of hydrogen-bond donors (Lipinski definition) is 2. The summed E-state index contributed by atoms with van der Waals surface area (Å²) in [5, 5.41) is 10.9. The fourth-order valence-electron chi connectivity index (χ4n) is 3.65. The summed E-state index contributed by atoms with van der Waals surface area (Å²) in [5.41, 5.74) is 4.32. The van der Waals surface area contributed by atoms with Gasteiger partial charge in [0.05, 0.1) is 18.3 Å². The van der Waals surface area contributed by atoms with Crippen molar-refractivity contribution in [2.75, 3.05) is 18.5 Å². The molecular weight excluding hydrogens is 307 g/mol. The first-order valence-electron chi connectivity index (χ1n) is 8.58. The monoisotopic (exact) mass is 330 g/mol. The predicted molar refractivity (Wildman–Crippen MR) is 90.4 cm³/mol. The third-order valence-electron chi connectivity index (χ3n) is 5.01. The van der Waals surface area contributed by atoms with Crippen LogP contribution >= 0.6 is 0 Å². The first kappa shape index (κ1) is 15.6. The minimum absolute atomic E-state index is 0.195. The predicted octanol–water partition coefficient (Wildman–Crippen LogP) is 3.33. The van der Waals surface area contributed by atoms with Gasteiger partial charge in [0, 0.05) is 29.5 Å². The molecule has 1 aliphatic carbocycles. The van der Waals surface area contributed by atoms with E-state index in [9.17, 15) is 4.39 Å². The van der Waals surface area contributed by atoms with Gasteiger partial charge in [-0.1, -0.05) is 13.8 Å². The van der Waals surface area contributed by atoms with Crippen LogP contribution in [0.3, 0.4) is 0 Å². The second kappa shape index (κ2) is 5.84. The fourth-order valence-corrected chi connectivity index (χ4v) is 3.65. The van der Waals surface area contributed by atoms with Gasteiger partial charge in [-0.15, -0.1) is 0 Å². The van der Waals surface area contributed by atoms with E-state index in [1.807, 2.05) is 6.07 Å². The Hall–Kier alpha value is -1.95. The van der Waals surface area contributed by atoms with E-state index in [-0.39, 0.29) is 11.5 Å². The molecule has 1 saturated heterocycles. The van der Waals surface area contributed by atoms with E-state index >= 15 is 0 Å². The number of aromatic amines is 1. The standard InChI is InChI=1S/C18H23FN4O/c1-18(2)5-3-13-14(9-18)22-23-17(13)11-7-15(19)21-16(8-11)20-12-4-6-24-10-12/h7-8,12H,3-6,9-10H2,1-2H3,(H,20,21)(H,22,23)/t12-/m0/s1. The Morgan fingerprint density at radius 3 is 3.04 bits per heavy atom. The molecule has 0 bridgehead atoms. The van der Waals surface area contributed by atoms with E-state index in [1.54, 1.807) is 0 Å². The lowest BCUT2D eigenvalue weighted by atomic mass is 9.76. The average Bonchev–Trinajstić information content (AvgIpc) is 3.14. The second-order valence-corrected chi connectivity index (χ2v) is 7.64. The van der Waals surface area contributed by atoms with E-state index in [4.69, 9.17) is 4.74 Å². The zero-order valence-corrected chi connectivity index (χ0v) is 14.2. The van der Waals surface area contributed by atoms with Gasteiger partial charge in [-0.3, -0.25) is 5.10 Å². The summed E-state index contributed by atoms with van der Waals surface area (Å²) in [6, 6.07) is 3.55. The van der Waals surface area contributed by atoms with Gasteiger partial charge < -0.3 is 10.1 Å². The van der Waals surface area contributed by atoms with Crippen molar-refractivity contribution >= 4 is 5.82 Å². The van der Waals surface area contributed by atoms with Crippen molar-refractivity contribution in [2.24, 2.45) is 5.41 Å². The highest BCUT2D eigenvalue weighted by Crippen LogP contribution is 2.38. The van der Waals surface area contributed by atoms with Crippen molar-refractivity contribution in [1.29, 1.82) is 0 Å². The number of rotatable bonds is 3. The van der Waals surface area contributed by atoms with Crippen molar-refractivity contribution < 1.29 is 9.13 Å². The summed E-state index contributed by atoms with van der Waals surface area (Å²) in [6.07, 6.45) is 3.98. The SMILES string of the molecule is CC1(C)CCc2c(-c3cc(F)nc(N[C@H]4CCOC4)c3)n[nH]c2C1. The molecule has 0 amide bonds. The molecule has 3 heterocycles. The maximum Gasteiger partial charge on any atom is 0.215 e. The Morgan fingerprint density at radius 1 is 1.38 bits per heavy atom. The molecule has 1 aliphatic heterocycles. The van der Waals surface area contributed by atoms with Crippen LogP contribution in [0.4, 0.5) is 10.2 Å². The molecule has 0 spiro atoms. The lowest BCUT2D eigenvalue weighted by Crippen LogP contribution is -2.22. The van der Waals surface area contributed by atoms with Gasteiger partial charge in [0.25, 0.3) is 0 Å². The molecule has 2 aromatic heterocycles. The van der Waals surface area contributed by atoms with E-state index in [1.165, 1.54) is 17.3 Å². The molecule has 0 unspecified atom stereocenters. The van der Waals surface area contributed by atoms with E-state index in [0.29, 0.717) is 12.4 Å². The Kier molecular flexibility index (Phi) is 3.79. The average molecular weight is 330 g/mol. The third kappa shape index (κ3) is 3.02. The number of aromatic nitrogens is 3. The number of ether oxygens (including phenoxy) is 1. The summed E-state index contributed by atoms with van der Waals surface area (Å²) >= 11 is 0. The highest BCUT2D eigenvalue weighted by Gasteiger charge is 2.29. The first-order chi connectivity index (χ1) is 11.5. The molecule has 1 fully saturated rings. The van der Waals surface area contributed by atoms with Crippen LogP contribution in [0.2, 0.25) is 0 Å². The highest BCUT2D eigenvalue weighted by molar-refractivity contribution is 5.67. The van der Waals surface area contributed by atoms with Crippen LogP contribution in [0.1, 0.15) is 37.9 Å². The number of nitrogens with one attached hydrogen (secondary N) is 2. The van der Waals surface area contributed by atoms with Crippen LogP contribution in [0.25, 0.3) is 11.3 Å². The minimum atomic E-state index is -0.484. The van der Waals surface area contributed by atoms with Crippen molar-refractivity contribution in [1.82, 2.24) is 15.2 Å². The van der Waals surface area contributed by atoms with Gasteiger partial charge in [-0.25, -0.2) is 4.98 Å². The van der Waals surface area contributed by atoms with Crippen LogP contribution in [-0.2, 0) is 17.6 Å². The quantitative estimate of drug-likeness (QED) is 0.848. The van der Waals surface area contributed by atoms with Gasteiger partial charge in [0.1, 0.15) is 5.82 Å². The Labute approximate surface area is 141 Å². The topological polar surface area (TPSA) is 62.8 Å². The molecule has 5 nitrogen and oxygen atoms in total. The zero-order chi connectivity index (χ0) is 16.7. The highest BCUT2D eigenvalue weighted by atomic mass is 19.1. The molecule has 0 aromatic carbocycles. The zero-order valence-electron chi connectivity index (χ0n) is 14.2. The summed E-state index contributed by atoms with van der Waals surface area (Å²) in [7, 11) is 0. The summed E-state index contributed by atoms with van der Waals surface area (Å²) in [6.45, 7) is 5.92. The van der Waals surface area contributed by atoms with E-state index in [0.717, 1.165) is 43.5 Å². The van der Waals surface area contributed by atoms with Gasteiger partial charge in [0.15, 0.2) is 0 Å². The van der Waals surface area contributed by atoms with Gasteiger partial charge in [0.2, 0.25) is 5.95 Å². The van der Waals surface area contributed by atoms with Gasteiger partial charge in [-0.05, 0) is 37.2 Å². The minimum Gasteiger partial charge on any atom is -0.379 e. The Bertz CT molecular complexity index is 749. The molecule has 128 valence electrons. The van der Waals surface area contributed by atoms with E-state index < -0.39 is 5.95 Å². The molecule has 1 atom stereocenters. The molecule has 0 saturated carbocycles. The van der Waals surface area contributed by atoms with Gasteiger partial charge >= 0.3 is 0 Å². The molecule has 2 aromatic rings. The maximum absolute atomic E-state index is 14.0.